The van der Waals surface area contributed by atoms with E-state index in [0.29, 0.717) is 12.0 Å². The van der Waals surface area contributed by atoms with Gasteiger partial charge in [-0.05, 0) is 30.9 Å². The lowest BCUT2D eigenvalue weighted by molar-refractivity contribution is 0.0901. The molecular weight excluding hydrogens is 292 g/mol. The average Bonchev–Trinajstić information content (AvgIpc) is 2.91. The summed E-state index contributed by atoms with van der Waals surface area (Å²) in [4.78, 5) is 14.1. The molecule has 1 N–H and O–H groups in total. The summed E-state index contributed by atoms with van der Waals surface area (Å²) in [5.74, 6) is 1.74. The Kier molecular flexibility index (Phi) is 3.65. The van der Waals surface area contributed by atoms with Crippen LogP contribution in [-0.4, -0.2) is 22.3 Å². The quantitative estimate of drug-likeness (QED) is 0.907. The van der Waals surface area contributed by atoms with Crippen molar-refractivity contribution >= 4 is 28.6 Å². The lowest BCUT2D eigenvalue weighted by Gasteiger charge is -2.29. The van der Waals surface area contributed by atoms with Gasteiger partial charge in [0.25, 0.3) is 5.91 Å². The highest BCUT2D eigenvalue weighted by Gasteiger charge is 2.26. The Morgan fingerprint density at radius 2 is 2.18 bits per heavy atom. The maximum Gasteiger partial charge on any atom is 0.268 e. The number of nitrogens with zero attached hydrogens (tertiary/aromatic N) is 1. The molecule has 1 amide bonds. The van der Waals surface area contributed by atoms with E-state index in [-0.39, 0.29) is 5.91 Å². The van der Waals surface area contributed by atoms with Gasteiger partial charge in [-0.1, -0.05) is 31.9 Å². The molecule has 1 aromatic carbocycles. The van der Waals surface area contributed by atoms with Gasteiger partial charge in [0.2, 0.25) is 0 Å². The molecular formula is C18H22N2OS. The minimum atomic E-state index is 0.104. The Morgan fingerprint density at radius 3 is 3.05 bits per heavy atom. The van der Waals surface area contributed by atoms with Crippen LogP contribution in [0.3, 0.4) is 0 Å². The van der Waals surface area contributed by atoms with Gasteiger partial charge in [-0.2, -0.15) is 0 Å². The second kappa shape index (κ2) is 5.65. The molecule has 1 aliphatic carbocycles. The molecule has 1 aromatic heterocycles. The Balaban J connectivity index is 1.66. The number of para-hydroxylation sites is 1. The summed E-state index contributed by atoms with van der Waals surface area (Å²) in [7, 11) is 0. The van der Waals surface area contributed by atoms with Gasteiger partial charge >= 0.3 is 0 Å². The molecule has 2 atom stereocenters. The topological polar surface area (TPSA) is 34.0 Å². The van der Waals surface area contributed by atoms with E-state index in [9.17, 15) is 4.79 Å². The van der Waals surface area contributed by atoms with Gasteiger partial charge in [-0.25, -0.2) is 0 Å². The fraction of sp³-hybridized carbons (Fsp3) is 0.500. The number of rotatable bonds is 2. The Bertz CT molecular complexity index is 721. The average molecular weight is 314 g/mol. The molecule has 3 nitrogen and oxygen atoms in total. The van der Waals surface area contributed by atoms with Crippen molar-refractivity contribution in [1.82, 2.24) is 9.88 Å². The van der Waals surface area contributed by atoms with Crippen LogP contribution < -0.4 is 5.32 Å². The summed E-state index contributed by atoms with van der Waals surface area (Å²) in [5.41, 5.74) is 2.07. The van der Waals surface area contributed by atoms with E-state index in [1.54, 1.807) is 0 Å². The van der Waals surface area contributed by atoms with Crippen LogP contribution in [0.4, 0.5) is 0 Å². The van der Waals surface area contributed by atoms with Gasteiger partial charge in [0.05, 0.1) is 5.52 Å². The molecule has 1 saturated carbocycles. The summed E-state index contributed by atoms with van der Waals surface area (Å²) in [6, 6.07) is 8.76. The standard InChI is InChI=1S/C18H22N2OS/c1-12-5-2-3-7-14(12)19-18(21)15-11-13-6-4-8-16-17(13)20(15)9-10-22-16/h4,6,8,11-12,14H,2-3,5,7,9-10H2,1H3,(H,19,21). The summed E-state index contributed by atoms with van der Waals surface area (Å²) in [6.45, 7) is 3.19. The van der Waals surface area contributed by atoms with Gasteiger partial charge < -0.3 is 9.88 Å². The van der Waals surface area contributed by atoms with Crippen LogP contribution in [0.2, 0.25) is 0 Å². The van der Waals surface area contributed by atoms with Gasteiger partial charge in [0.15, 0.2) is 0 Å². The van der Waals surface area contributed by atoms with E-state index in [2.05, 4.69) is 41.1 Å². The first kappa shape index (κ1) is 14.2. The molecule has 2 heterocycles. The zero-order valence-electron chi connectivity index (χ0n) is 13.0. The molecule has 4 heteroatoms. The monoisotopic (exact) mass is 314 g/mol. The second-order valence-corrected chi connectivity index (χ2v) is 7.70. The number of hydrogen-bond acceptors (Lipinski definition) is 2. The van der Waals surface area contributed by atoms with E-state index in [1.807, 2.05) is 11.8 Å². The molecule has 2 unspecified atom stereocenters. The zero-order chi connectivity index (χ0) is 15.1. The highest BCUT2D eigenvalue weighted by atomic mass is 32.2. The van der Waals surface area contributed by atoms with Gasteiger partial charge in [0.1, 0.15) is 5.69 Å². The van der Waals surface area contributed by atoms with Crippen molar-refractivity contribution in [3.63, 3.8) is 0 Å². The van der Waals surface area contributed by atoms with Crippen molar-refractivity contribution in [2.45, 2.75) is 50.1 Å². The van der Waals surface area contributed by atoms with Gasteiger partial charge in [-0.15, -0.1) is 11.8 Å². The molecule has 22 heavy (non-hydrogen) atoms. The highest BCUT2D eigenvalue weighted by Crippen LogP contribution is 2.34. The minimum Gasteiger partial charge on any atom is -0.348 e. The maximum absolute atomic E-state index is 12.8. The number of carbonyl (C=O) groups is 1. The molecule has 2 aliphatic rings. The normalized spacial score (nSPS) is 24.4. The smallest absolute Gasteiger partial charge is 0.268 e. The van der Waals surface area contributed by atoms with Crippen LogP contribution in [0.5, 0.6) is 0 Å². The molecule has 1 aliphatic heterocycles. The van der Waals surface area contributed by atoms with E-state index >= 15 is 0 Å². The minimum absolute atomic E-state index is 0.104. The largest absolute Gasteiger partial charge is 0.348 e. The van der Waals surface area contributed by atoms with Gasteiger partial charge in [-0.3, -0.25) is 4.79 Å². The van der Waals surface area contributed by atoms with Crippen LogP contribution in [0.15, 0.2) is 29.2 Å². The van der Waals surface area contributed by atoms with Crippen LogP contribution in [-0.2, 0) is 6.54 Å². The number of nitrogens with one attached hydrogen (secondary N) is 1. The van der Waals surface area contributed by atoms with E-state index in [0.717, 1.165) is 24.4 Å². The first-order chi connectivity index (χ1) is 10.7. The molecule has 0 saturated heterocycles. The third-order valence-electron chi connectivity index (χ3n) is 5.12. The number of aryl methyl sites for hydroxylation is 1. The predicted molar refractivity (Wildman–Crippen MR) is 91.5 cm³/mol. The third-order valence-corrected chi connectivity index (χ3v) is 6.14. The lowest BCUT2D eigenvalue weighted by atomic mass is 9.86. The van der Waals surface area contributed by atoms with Crippen molar-refractivity contribution in [3.05, 3.63) is 30.0 Å². The van der Waals surface area contributed by atoms with Crippen molar-refractivity contribution in [3.8, 4) is 0 Å². The van der Waals surface area contributed by atoms with Crippen molar-refractivity contribution < 1.29 is 4.79 Å². The lowest BCUT2D eigenvalue weighted by Crippen LogP contribution is -2.41. The van der Waals surface area contributed by atoms with Crippen molar-refractivity contribution in [1.29, 1.82) is 0 Å². The van der Waals surface area contributed by atoms with E-state index in [1.165, 1.54) is 35.1 Å². The summed E-state index contributed by atoms with van der Waals surface area (Å²) in [6.07, 6.45) is 4.89. The van der Waals surface area contributed by atoms with Gasteiger partial charge in [0, 0.05) is 28.6 Å². The van der Waals surface area contributed by atoms with Crippen molar-refractivity contribution in [2.75, 3.05) is 5.75 Å². The molecule has 116 valence electrons. The molecule has 0 radical (unpaired) electrons. The fourth-order valence-corrected chi connectivity index (χ4v) is 4.88. The SMILES string of the molecule is CC1CCCCC1NC(=O)c1cc2cccc3c2n1CCS3. The van der Waals surface area contributed by atoms with Crippen LogP contribution in [0.25, 0.3) is 10.9 Å². The summed E-state index contributed by atoms with van der Waals surface area (Å²) >= 11 is 1.89. The summed E-state index contributed by atoms with van der Waals surface area (Å²) in [5, 5.41) is 4.48. The number of hydrogen-bond donors (Lipinski definition) is 1. The van der Waals surface area contributed by atoms with Crippen LogP contribution in [0.1, 0.15) is 43.1 Å². The van der Waals surface area contributed by atoms with Crippen molar-refractivity contribution in [2.24, 2.45) is 5.92 Å². The van der Waals surface area contributed by atoms with E-state index < -0.39 is 0 Å². The zero-order valence-corrected chi connectivity index (χ0v) is 13.8. The Labute approximate surface area is 135 Å². The number of amides is 1. The second-order valence-electron chi connectivity index (χ2n) is 6.57. The molecule has 2 aromatic rings. The summed E-state index contributed by atoms with van der Waals surface area (Å²) < 4.78 is 2.21. The van der Waals surface area contributed by atoms with Crippen LogP contribution in [0, 0.1) is 5.92 Å². The number of carbonyl (C=O) groups excluding carboxylic acids is 1. The first-order valence-corrected chi connectivity index (χ1v) is 9.28. The molecule has 0 spiro atoms. The molecule has 1 fully saturated rings. The third kappa shape index (κ3) is 2.34. The fourth-order valence-electron chi connectivity index (χ4n) is 3.85. The van der Waals surface area contributed by atoms with E-state index in [4.69, 9.17) is 0 Å². The highest BCUT2D eigenvalue weighted by molar-refractivity contribution is 7.99. The molecule has 4 rings (SSSR count). The van der Waals surface area contributed by atoms with Crippen LogP contribution >= 0.6 is 11.8 Å². The predicted octanol–water partition coefficient (Wildman–Crippen LogP) is 4.06. The Hall–Kier alpha value is -1.42. The number of thioether (sulfide) groups is 1. The number of benzene rings is 1. The maximum atomic E-state index is 12.8. The number of aromatic nitrogens is 1. The Morgan fingerprint density at radius 1 is 1.32 bits per heavy atom. The molecule has 0 bridgehead atoms. The first-order valence-electron chi connectivity index (χ1n) is 8.30.